The van der Waals surface area contributed by atoms with Gasteiger partial charge in [-0.2, -0.15) is 0 Å². The number of phenolic OH excluding ortho intramolecular Hbond substituents is 1. The van der Waals surface area contributed by atoms with Crippen LogP contribution in [0.15, 0.2) is 36.4 Å². The van der Waals surface area contributed by atoms with Gasteiger partial charge < -0.3 is 30.9 Å². The molecule has 3 rings (SSSR count). The Hall–Kier alpha value is -2.56. The van der Waals surface area contributed by atoms with Gasteiger partial charge in [0, 0.05) is 39.1 Å². The number of rotatable bonds is 13. The summed E-state index contributed by atoms with van der Waals surface area (Å²) in [6.07, 6.45) is 1.66. The van der Waals surface area contributed by atoms with Crippen molar-refractivity contribution in [1.29, 1.82) is 0 Å². The van der Waals surface area contributed by atoms with E-state index < -0.39 is 23.7 Å². The lowest BCUT2D eigenvalue weighted by molar-refractivity contribution is -0.146. The molecule has 5 N–H and O–H groups in total. The lowest BCUT2D eigenvalue weighted by atomic mass is 10.1. The number of hydrogen-bond acceptors (Lipinski definition) is 8. The second kappa shape index (κ2) is 15.0. The molecule has 0 aromatic heterocycles. The number of piperazine rings is 1. The molecule has 1 saturated heterocycles. The number of esters is 1. The first-order chi connectivity index (χ1) is 17.9. The van der Waals surface area contributed by atoms with Crippen LogP contribution in [-0.2, 0) is 16.0 Å². The maximum Gasteiger partial charge on any atom is 0.329 e. The minimum Gasteiger partial charge on any atom is -0.505 e. The summed E-state index contributed by atoms with van der Waals surface area (Å²) in [6.45, 7) is 5.21. The molecular weight excluding hydrogens is 519 g/mol. The minimum absolute atomic E-state index is 0.0684. The number of halogens is 2. The van der Waals surface area contributed by atoms with E-state index in [0.717, 1.165) is 38.2 Å². The van der Waals surface area contributed by atoms with Gasteiger partial charge in [0.1, 0.15) is 17.7 Å². The Labute approximate surface area is 227 Å². The highest BCUT2D eigenvalue weighted by Crippen LogP contribution is 2.42. The molecule has 2 aromatic rings. The number of carbonyl (C=O) groups excluding carboxylic acids is 2. The summed E-state index contributed by atoms with van der Waals surface area (Å²) < 4.78 is 11.1. The molecule has 0 radical (unpaired) electrons. The topological polar surface area (TPSA) is 126 Å². The first-order valence-corrected chi connectivity index (χ1v) is 13.1. The Bertz CT molecular complexity index is 1040. The lowest BCUT2D eigenvalue weighted by Gasteiger charge is -2.27. The van der Waals surface area contributed by atoms with E-state index in [0.29, 0.717) is 26.1 Å². The third-order valence-corrected chi connectivity index (χ3v) is 6.61. The van der Waals surface area contributed by atoms with Gasteiger partial charge in [-0.15, -0.1) is 0 Å². The van der Waals surface area contributed by atoms with E-state index in [1.165, 1.54) is 6.07 Å². The highest BCUT2D eigenvalue weighted by Gasteiger charge is 2.27. The van der Waals surface area contributed by atoms with E-state index in [2.05, 4.69) is 15.5 Å². The number of aromatic hydroxyl groups is 1. The maximum absolute atomic E-state index is 13.1. The summed E-state index contributed by atoms with van der Waals surface area (Å²) in [5.74, 6) is -1.68. The third-order valence-electron chi connectivity index (χ3n) is 5.97. The molecule has 0 unspecified atom stereocenters. The summed E-state index contributed by atoms with van der Waals surface area (Å²) in [6, 6.07) is 9.56. The fraction of sp³-hybridized carbons (Fsp3) is 0.462. The van der Waals surface area contributed by atoms with Crippen LogP contribution in [0.25, 0.3) is 0 Å². The fourth-order valence-electron chi connectivity index (χ4n) is 3.91. The van der Waals surface area contributed by atoms with E-state index in [-0.39, 0.29) is 34.4 Å². The van der Waals surface area contributed by atoms with Crippen molar-refractivity contribution in [2.24, 2.45) is 5.73 Å². The molecule has 9 nitrogen and oxygen atoms in total. The first-order valence-electron chi connectivity index (χ1n) is 12.4. The highest BCUT2D eigenvalue weighted by atomic mass is 35.5. The van der Waals surface area contributed by atoms with Crippen LogP contribution in [0.1, 0.15) is 28.8 Å². The molecule has 37 heavy (non-hydrogen) atoms. The van der Waals surface area contributed by atoms with Crippen molar-refractivity contribution in [3.8, 4) is 11.5 Å². The molecule has 0 aliphatic carbocycles. The molecule has 1 heterocycles. The Balaban J connectivity index is 1.70. The van der Waals surface area contributed by atoms with Gasteiger partial charge in [0.15, 0.2) is 11.5 Å². The van der Waals surface area contributed by atoms with Crippen molar-refractivity contribution < 1.29 is 24.2 Å². The summed E-state index contributed by atoms with van der Waals surface area (Å²) in [5.41, 5.74) is 6.16. The number of unbranched alkanes of at least 4 members (excludes halogenated alkanes) is 1. The number of nitrogens with two attached hydrogens (primary N) is 1. The van der Waals surface area contributed by atoms with Crippen molar-refractivity contribution in [2.75, 3.05) is 52.5 Å². The molecule has 1 atom stereocenters. The highest BCUT2D eigenvalue weighted by molar-refractivity contribution is 6.39. The SMILES string of the molecule is NCCCCOc1c(Cl)cc(C(=O)N[C@@H](Cc2ccccc2)C(=O)OCCN2CCNCC2)c(O)c1Cl. The minimum atomic E-state index is -0.984. The Kier molecular flexibility index (Phi) is 11.8. The Morgan fingerprint density at radius 3 is 2.57 bits per heavy atom. The molecule has 202 valence electrons. The van der Waals surface area contributed by atoms with Crippen LogP contribution < -0.4 is 21.1 Å². The monoisotopic (exact) mass is 552 g/mol. The number of ether oxygens (including phenoxy) is 2. The molecule has 1 aliphatic rings. The average molecular weight is 553 g/mol. The van der Waals surface area contributed by atoms with Crippen LogP contribution in [-0.4, -0.2) is 80.4 Å². The predicted molar refractivity (Wildman–Crippen MR) is 144 cm³/mol. The quantitative estimate of drug-likeness (QED) is 0.220. The summed E-state index contributed by atoms with van der Waals surface area (Å²) in [7, 11) is 0. The number of nitrogens with one attached hydrogen (secondary N) is 2. The largest absolute Gasteiger partial charge is 0.505 e. The van der Waals surface area contributed by atoms with Gasteiger partial charge in [0.25, 0.3) is 5.91 Å². The number of amides is 1. The summed E-state index contributed by atoms with van der Waals surface area (Å²) in [4.78, 5) is 28.3. The average Bonchev–Trinajstić information content (AvgIpc) is 2.91. The first kappa shape index (κ1) is 29.0. The van der Waals surface area contributed by atoms with Crippen molar-refractivity contribution in [1.82, 2.24) is 15.5 Å². The number of phenols is 1. The van der Waals surface area contributed by atoms with Crippen molar-refractivity contribution in [3.63, 3.8) is 0 Å². The number of nitrogens with zero attached hydrogens (tertiary/aromatic N) is 1. The number of carbonyl (C=O) groups is 2. The van der Waals surface area contributed by atoms with Crippen LogP contribution in [0.5, 0.6) is 11.5 Å². The molecule has 0 spiro atoms. The van der Waals surface area contributed by atoms with Gasteiger partial charge in [0.05, 0.1) is 17.2 Å². The molecule has 0 saturated carbocycles. The smallest absolute Gasteiger partial charge is 0.329 e. The zero-order valence-electron chi connectivity index (χ0n) is 20.7. The van der Waals surface area contributed by atoms with Crippen molar-refractivity contribution in [2.45, 2.75) is 25.3 Å². The van der Waals surface area contributed by atoms with Gasteiger partial charge >= 0.3 is 5.97 Å². The van der Waals surface area contributed by atoms with Gasteiger partial charge in [-0.3, -0.25) is 9.69 Å². The number of hydrogen-bond donors (Lipinski definition) is 4. The van der Waals surface area contributed by atoms with E-state index >= 15 is 0 Å². The fourth-order valence-corrected chi connectivity index (χ4v) is 4.47. The molecular formula is C26H34Cl2N4O5. The Morgan fingerprint density at radius 2 is 1.86 bits per heavy atom. The van der Waals surface area contributed by atoms with Gasteiger partial charge in [-0.1, -0.05) is 53.5 Å². The van der Waals surface area contributed by atoms with Gasteiger partial charge in [-0.25, -0.2) is 4.79 Å². The molecule has 1 aliphatic heterocycles. The zero-order valence-corrected chi connectivity index (χ0v) is 22.2. The van der Waals surface area contributed by atoms with E-state index in [1.54, 1.807) is 0 Å². The molecule has 1 fully saturated rings. The normalized spacial score (nSPS) is 14.7. The van der Waals surface area contributed by atoms with E-state index in [4.69, 9.17) is 38.4 Å². The number of benzene rings is 2. The maximum atomic E-state index is 13.1. The van der Waals surface area contributed by atoms with Crippen molar-refractivity contribution in [3.05, 3.63) is 57.6 Å². The Morgan fingerprint density at radius 1 is 1.14 bits per heavy atom. The van der Waals surface area contributed by atoms with E-state index in [1.807, 2.05) is 30.3 Å². The summed E-state index contributed by atoms with van der Waals surface area (Å²) >= 11 is 12.6. The van der Waals surface area contributed by atoms with Gasteiger partial charge in [0.2, 0.25) is 0 Å². The van der Waals surface area contributed by atoms with Crippen LogP contribution in [0, 0.1) is 0 Å². The van der Waals surface area contributed by atoms with Crippen LogP contribution >= 0.6 is 23.2 Å². The molecule has 11 heteroatoms. The lowest BCUT2D eigenvalue weighted by Crippen LogP contribution is -2.46. The second-order valence-corrected chi connectivity index (χ2v) is 9.50. The third kappa shape index (κ3) is 8.76. The molecule has 1 amide bonds. The van der Waals surface area contributed by atoms with Gasteiger partial charge in [-0.05, 0) is 31.0 Å². The molecule has 0 bridgehead atoms. The zero-order chi connectivity index (χ0) is 26.6. The van der Waals surface area contributed by atoms with Crippen LogP contribution in [0.3, 0.4) is 0 Å². The second-order valence-electron chi connectivity index (χ2n) is 8.72. The van der Waals surface area contributed by atoms with E-state index in [9.17, 15) is 14.7 Å². The predicted octanol–water partition coefficient (Wildman–Crippen LogP) is 2.61. The van der Waals surface area contributed by atoms with Crippen LogP contribution in [0.2, 0.25) is 10.0 Å². The van der Waals surface area contributed by atoms with Crippen LogP contribution in [0.4, 0.5) is 0 Å². The summed E-state index contributed by atoms with van der Waals surface area (Å²) in [5, 5.41) is 16.5. The standard InChI is InChI=1S/C26H34Cl2N4O5/c27-20-17-19(23(33)22(28)24(20)36-14-5-4-8-29)25(34)31-21(16-18-6-2-1-3-7-18)26(35)37-15-13-32-11-9-30-10-12-32/h1-3,6-7,17,21,30,33H,4-5,8-16,29H2,(H,31,34)/t21-/m0/s1. The van der Waals surface area contributed by atoms with Crippen molar-refractivity contribution >= 4 is 35.1 Å². The molecule has 2 aromatic carbocycles.